The molecule has 0 radical (unpaired) electrons. The average Bonchev–Trinajstić information content (AvgIpc) is 3.56. The van der Waals surface area contributed by atoms with Crippen molar-refractivity contribution in [2.24, 2.45) is 23.2 Å². The third-order valence-corrected chi connectivity index (χ3v) is 19.0. The van der Waals surface area contributed by atoms with E-state index in [2.05, 4.69) is 43.0 Å². The van der Waals surface area contributed by atoms with Gasteiger partial charge in [0.25, 0.3) is 18.3 Å². The minimum absolute atomic E-state index is 0.0391. The van der Waals surface area contributed by atoms with Crippen LogP contribution in [0, 0.1) is 35.9 Å². The van der Waals surface area contributed by atoms with Crippen LogP contribution < -0.4 is 15.7 Å². The number of hydrogen-bond acceptors (Lipinski definition) is 7. The van der Waals surface area contributed by atoms with Crippen molar-refractivity contribution in [3.63, 3.8) is 0 Å². The maximum atomic E-state index is 15.9. The number of anilines is 1. The standard InChI is InChI=1S/C43H45ClFN5O3SSi/c1-27-16-18-31(19-17-27)54(51,52)50-26-35(34-22-30(44)24-47-41(34)50)39-46-25-37(45)40(49-39)48-38-28(20-29-21-36(38)43(29,4)5)23-42(2,3)55(53,32-12-8-6-9-13-32)33-14-10-7-11-15-33/h6-19,22,24-26,28-29,36,38,53H,20-21,23H2,1-5H3,(H,46,48,49)/t28-,29?,36?,38-/m1/s1. The minimum atomic E-state index is -4.07. The molecule has 0 aliphatic heterocycles. The average molecular weight is 794 g/mol. The molecule has 2 N–H and O–H groups in total. The lowest BCUT2D eigenvalue weighted by Gasteiger charge is -2.63. The van der Waals surface area contributed by atoms with Crippen molar-refractivity contribution in [2.75, 3.05) is 5.32 Å². The van der Waals surface area contributed by atoms with Crippen LogP contribution in [-0.2, 0) is 10.0 Å². The number of nitrogens with zero attached hydrogens (tertiary/aromatic N) is 4. The zero-order valence-corrected chi connectivity index (χ0v) is 34.1. The molecule has 3 aliphatic carbocycles. The second-order valence-electron chi connectivity index (χ2n) is 16.6. The van der Waals surface area contributed by atoms with Crippen LogP contribution in [0.5, 0.6) is 0 Å². The molecule has 3 aromatic heterocycles. The van der Waals surface area contributed by atoms with Gasteiger partial charge in [-0.05, 0) is 83.0 Å². The molecule has 3 aliphatic rings. The van der Waals surface area contributed by atoms with E-state index in [1.54, 1.807) is 30.3 Å². The van der Waals surface area contributed by atoms with E-state index in [0.717, 1.165) is 38.9 Å². The molecule has 9 rings (SSSR count). The Hall–Kier alpha value is -4.42. The van der Waals surface area contributed by atoms with Gasteiger partial charge in [-0.3, -0.25) is 0 Å². The van der Waals surface area contributed by atoms with Gasteiger partial charge in [0.2, 0.25) is 0 Å². The number of halogens is 2. The van der Waals surface area contributed by atoms with E-state index in [-0.39, 0.29) is 45.5 Å². The third-order valence-electron chi connectivity index (χ3n) is 12.7. The van der Waals surface area contributed by atoms with Crippen LogP contribution in [0.3, 0.4) is 0 Å². The summed E-state index contributed by atoms with van der Waals surface area (Å²) in [5.41, 5.74) is 1.48. The number of pyridine rings is 1. The number of aryl methyl sites for hydroxylation is 1. The highest BCUT2D eigenvalue weighted by molar-refractivity contribution is 7.90. The van der Waals surface area contributed by atoms with Crippen LogP contribution in [-0.4, -0.2) is 46.5 Å². The Bertz CT molecular complexity index is 2460. The lowest BCUT2D eigenvalue weighted by atomic mass is 9.44. The van der Waals surface area contributed by atoms with Gasteiger partial charge in [-0.25, -0.2) is 31.7 Å². The summed E-state index contributed by atoms with van der Waals surface area (Å²) in [5.74, 6) is 0.467. The highest BCUT2D eigenvalue weighted by Crippen LogP contribution is 2.63. The number of rotatable bonds is 10. The van der Waals surface area contributed by atoms with E-state index in [1.165, 1.54) is 12.4 Å². The molecular weight excluding hydrogens is 749 g/mol. The molecule has 284 valence electrons. The van der Waals surface area contributed by atoms with E-state index in [4.69, 9.17) is 16.6 Å². The largest absolute Gasteiger partial charge is 0.424 e. The van der Waals surface area contributed by atoms with Gasteiger partial charge >= 0.3 is 0 Å². The van der Waals surface area contributed by atoms with Gasteiger partial charge in [0.15, 0.2) is 23.1 Å². The van der Waals surface area contributed by atoms with Crippen LogP contribution in [0.15, 0.2) is 114 Å². The van der Waals surface area contributed by atoms with Crippen LogP contribution in [0.4, 0.5) is 10.2 Å². The molecule has 0 spiro atoms. The molecule has 12 heteroatoms. The first-order valence-electron chi connectivity index (χ1n) is 18.7. The molecule has 55 heavy (non-hydrogen) atoms. The summed E-state index contributed by atoms with van der Waals surface area (Å²) in [7, 11) is -7.38. The van der Waals surface area contributed by atoms with Gasteiger partial charge in [-0.1, -0.05) is 118 Å². The van der Waals surface area contributed by atoms with Crippen molar-refractivity contribution >= 4 is 57.2 Å². The van der Waals surface area contributed by atoms with Crippen LogP contribution in [0.2, 0.25) is 10.1 Å². The van der Waals surface area contributed by atoms with Crippen LogP contribution in [0.1, 0.15) is 52.5 Å². The molecule has 0 saturated heterocycles. The molecule has 0 amide bonds. The Morgan fingerprint density at radius 1 is 0.964 bits per heavy atom. The van der Waals surface area contributed by atoms with Gasteiger partial charge < -0.3 is 10.1 Å². The lowest BCUT2D eigenvalue weighted by Crippen LogP contribution is -2.67. The Labute approximate surface area is 328 Å². The molecule has 8 nitrogen and oxygen atoms in total. The topological polar surface area (TPSA) is 110 Å². The summed E-state index contributed by atoms with van der Waals surface area (Å²) in [6.07, 6.45) is 6.64. The van der Waals surface area contributed by atoms with Crippen molar-refractivity contribution in [1.82, 2.24) is 18.9 Å². The summed E-state index contributed by atoms with van der Waals surface area (Å²) >= 11 is 6.40. The summed E-state index contributed by atoms with van der Waals surface area (Å²) in [5, 5.41) is 5.73. The smallest absolute Gasteiger partial charge is 0.269 e. The third kappa shape index (κ3) is 6.29. The second kappa shape index (κ2) is 13.7. The summed E-state index contributed by atoms with van der Waals surface area (Å²) in [6.45, 7) is 10.8. The van der Waals surface area contributed by atoms with Crippen molar-refractivity contribution in [1.29, 1.82) is 0 Å². The lowest BCUT2D eigenvalue weighted by molar-refractivity contribution is -0.102. The van der Waals surface area contributed by atoms with E-state index < -0.39 is 29.2 Å². The van der Waals surface area contributed by atoms with Crippen molar-refractivity contribution < 1.29 is 17.6 Å². The normalized spacial score (nSPS) is 20.9. The number of hydrogen-bond donors (Lipinski definition) is 2. The van der Waals surface area contributed by atoms with Crippen molar-refractivity contribution in [3.8, 4) is 11.4 Å². The summed E-state index contributed by atoms with van der Waals surface area (Å²) in [6, 6.07) is 28.2. The quantitative estimate of drug-likeness (QED) is 0.135. The van der Waals surface area contributed by atoms with Gasteiger partial charge in [-0.2, -0.15) is 0 Å². The molecule has 2 unspecified atom stereocenters. The molecule has 3 fully saturated rings. The zero-order valence-electron chi connectivity index (χ0n) is 31.5. The fourth-order valence-electron chi connectivity index (χ4n) is 9.44. The highest BCUT2D eigenvalue weighted by atomic mass is 35.5. The summed E-state index contributed by atoms with van der Waals surface area (Å²) < 4.78 is 44.9. The van der Waals surface area contributed by atoms with Gasteiger partial charge in [0.05, 0.1) is 16.1 Å². The highest BCUT2D eigenvalue weighted by Gasteiger charge is 2.60. The van der Waals surface area contributed by atoms with Crippen LogP contribution >= 0.6 is 11.6 Å². The fraction of sp³-hybridized carbons (Fsp3) is 0.326. The van der Waals surface area contributed by atoms with E-state index in [0.29, 0.717) is 28.3 Å². The molecular formula is C43H45ClFN5O3SSi. The number of nitrogens with one attached hydrogen (secondary N) is 1. The number of fused-ring (bicyclic) bond motifs is 3. The van der Waals surface area contributed by atoms with Crippen molar-refractivity contribution in [3.05, 3.63) is 126 Å². The predicted molar refractivity (Wildman–Crippen MR) is 219 cm³/mol. The Morgan fingerprint density at radius 3 is 2.22 bits per heavy atom. The number of benzene rings is 3. The maximum Gasteiger partial charge on any atom is 0.269 e. The summed E-state index contributed by atoms with van der Waals surface area (Å²) in [4.78, 5) is 26.6. The van der Waals surface area contributed by atoms with Crippen LogP contribution in [0.25, 0.3) is 22.4 Å². The molecule has 3 heterocycles. The van der Waals surface area contributed by atoms with Gasteiger partial charge in [0, 0.05) is 29.4 Å². The number of aromatic nitrogens is 4. The zero-order chi connectivity index (χ0) is 38.9. The Morgan fingerprint density at radius 2 is 1.60 bits per heavy atom. The maximum absolute atomic E-state index is 15.9. The monoisotopic (exact) mass is 793 g/mol. The predicted octanol–water partition coefficient (Wildman–Crippen LogP) is 8.22. The molecule has 4 atom stereocenters. The fourth-order valence-corrected chi connectivity index (χ4v) is 14.7. The molecule has 3 saturated carbocycles. The molecule has 6 aromatic rings. The van der Waals surface area contributed by atoms with E-state index in [1.807, 2.05) is 67.6 Å². The van der Waals surface area contributed by atoms with E-state index in [9.17, 15) is 13.2 Å². The Balaban J connectivity index is 1.17. The Kier molecular flexibility index (Phi) is 9.31. The van der Waals surface area contributed by atoms with E-state index >= 15 is 4.39 Å². The first-order chi connectivity index (χ1) is 26.1. The molecule has 2 bridgehead atoms. The first-order valence-corrected chi connectivity index (χ1v) is 22.5. The van der Waals surface area contributed by atoms with Gasteiger partial charge in [0.1, 0.15) is 0 Å². The minimum Gasteiger partial charge on any atom is -0.424 e. The van der Waals surface area contributed by atoms with Crippen molar-refractivity contribution in [2.45, 2.75) is 69.9 Å². The molecule has 3 aromatic carbocycles. The second-order valence-corrected chi connectivity index (χ2v) is 22.8. The SMILES string of the molecule is Cc1ccc(S(=O)(=O)n2cc(-c3ncc(F)c(N[C@H]4C5CC(C[C@@H]4CC(C)(C)[Si](O)(c4ccccc4)c4ccccc4)C5(C)C)n3)c3cc(Cl)cnc32)cc1. The van der Waals surface area contributed by atoms with Gasteiger partial charge in [-0.15, -0.1) is 0 Å². The first kappa shape index (κ1) is 37.5.